The highest BCUT2D eigenvalue weighted by Gasteiger charge is 2.37. The molecule has 1 saturated heterocycles. The zero-order valence-electron chi connectivity index (χ0n) is 12.3. The quantitative estimate of drug-likeness (QED) is 0.590. The summed E-state index contributed by atoms with van der Waals surface area (Å²) in [6.45, 7) is 9.42. The van der Waals surface area contributed by atoms with Gasteiger partial charge in [-0.05, 0) is 33.6 Å². The highest BCUT2D eigenvalue weighted by Crippen LogP contribution is 2.25. The Hall–Kier alpha value is -1.40. The summed E-state index contributed by atoms with van der Waals surface area (Å²) in [5, 5.41) is 9.11. The van der Waals surface area contributed by atoms with Gasteiger partial charge in [0.25, 0.3) is 0 Å². The van der Waals surface area contributed by atoms with Crippen LogP contribution in [0, 0.1) is 5.92 Å². The third-order valence-corrected chi connectivity index (χ3v) is 3.26. The van der Waals surface area contributed by atoms with Gasteiger partial charge in [0.1, 0.15) is 11.6 Å². The van der Waals surface area contributed by atoms with Crippen LogP contribution in [0.2, 0.25) is 0 Å². The minimum Gasteiger partial charge on any atom is -0.480 e. The van der Waals surface area contributed by atoms with E-state index < -0.39 is 23.8 Å². The predicted octanol–water partition coefficient (Wildman–Crippen LogP) is 0.964. The van der Waals surface area contributed by atoms with Crippen LogP contribution in [0.4, 0.5) is 0 Å². The third kappa shape index (κ3) is 4.31. The van der Waals surface area contributed by atoms with E-state index in [4.69, 9.17) is 15.6 Å². The van der Waals surface area contributed by atoms with Crippen LogP contribution in [0.25, 0.3) is 0 Å². The Balaban J connectivity index is 2.65. The van der Waals surface area contributed by atoms with E-state index in [-0.39, 0.29) is 11.9 Å². The number of piperidine rings is 1. The molecule has 3 atom stereocenters. The molecule has 20 heavy (non-hydrogen) atoms. The van der Waals surface area contributed by atoms with Crippen LogP contribution in [0.3, 0.4) is 0 Å². The normalized spacial score (nSPS) is 25.8. The summed E-state index contributed by atoms with van der Waals surface area (Å²) in [6.07, 6.45) is 1.81. The summed E-state index contributed by atoms with van der Waals surface area (Å²) in [4.78, 5) is 24.8. The Morgan fingerprint density at radius 3 is 2.50 bits per heavy atom. The number of likely N-dealkylation sites (tertiary alicyclic amines) is 1. The molecule has 1 aliphatic heterocycles. The Kier molecular flexibility index (Phi) is 5.30. The number of esters is 1. The lowest BCUT2D eigenvalue weighted by molar-refractivity contribution is -0.163. The minimum absolute atomic E-state index is 0.266. The largest absolute Gasteiger partial charge is 0.480 e. The Morgan fingerprint density at radius 2 is 2.10 bits per heavy atom. The molecule has 0 saturated carbocycles. The van der Waals surface area contributed by atoms with Crippen molar-refractivity contribution in [3.8, 4) is 0 Å². The fourth-order valence-electron chi connectivity index (χ4n) is 2.34. The average molecular weight is 284 g/mol. The Labute approximate surface area is 119 Å². The van der Waals surface area contributed by atoms with Crippen LogP contribution in [-0.4, -0.2) is 46.3 Å². The summed E-state index contributed by atoms with van der Waals surface area (Å²) in [5.41, 5.74) is 5.47. The van der Waals surface area contributed by atoms with Crippen molar-refractivity contribution in [3.63, 3.8) is 0 Å². The van der Waals surface area contributed by atoms with Crippen molar-refractivity contribution < 1.29 is 19.4 Å². The highest BCUT2D eigenvalue weighted by atomic mass is 16.6. The van der Waals surface area contributed by atoms with Gasteiger partial charge in [0.2, 0.25) is 0 Å². The van der Waals surface area contributed by atoms with Crippen molar-refractivity contribution in [2.24, 2.45) is 11.7 Å². The summed E-state index contributed by atoms with van der Waals surface area (Å²) in [6, 6.07) is -0.815. The van der Waals surface area contributed by atoms with Crippen LogP contribution in [0.5, 0.6) is 0 Å². The molecule has 6 nitrogen and oxygen atoms in total. The van der Waals surface area contributed by atoms with E-state index in [1.807, 2.05) is 20.8 Å². The number of nitrogens with zero attached hydrogens (tertiary/aromatic N) is 1. The number of aliphatic carboxylic acids is 1. The van der Waals surface area contributed by atoms with Crippen molar-refractivity contribution in [2.75, 3.05) is 6.54 Å². The molecule has 0 radical (unpaired) electrons. The molecule has 1 aliphatic rings. The molecule has 0 aromatic rings. The van der Waals surface area contributed by atoms with Crippen molar-refractivity contribution in [2.45, 2.75) is 51.4 Å². The molecule has 0 aromatic carbocycles. The molecular formula is C14H24N2O4. The minimum atomic E-state index is -0.980. The summed E-state index contributed by atoms with van der Waals surface area (Å²) in [7, 11) is 0. The van der Waals surface area contributed by atoms with E-state index in [1.54, 1.807) is 4.90 Å². The second kappa shape index (κ2) is 6.37. The standard InChI is InChI=1S/C14H24N2O4/c1-5-10(12(17)18)16-7-6-9(8-11(16)15)13(19)20-14(2,3)4/h5,9-11H,1,6-8,15H2,2-4H3,(H,17,18)/t9-,10+,11-/m0/s1. The SMILES string of the molecule is C=C[C@H](C(=O)O)N1CC[C@H](C(=O)OC(C)(C)C)C[C@H]1N. The van der Waals surface area contributed by atoms with Crippen LogP contribution < -0.4 is 5.73 Å². The first kappa shape index (κ1) is 16.7. The van der Waals surface area contributed by atoms with Gasteiger partial charge in [0, 0.05) is 6.54 Å². The van der Waals surface area contributed by atoms with Crippen LogP contribution >= 0.6 is 0 Å². The average Bonchev–Trinajstić information content (AvgIpc) is 2.29. The van der Waals surface area contributed by atoms with Gasteiger partial charge in [-0.1, -0.05) is 6.08 Å². The molecule has 0 spiro atoms. The molecule has 1 heterocycles. The zero-order valence-corrected chi connectivity index (χ0v) is 12.3. The van der Waals surface area contributed by atoms with Gasteiger partial charge < -0.3 is 15.6 Å². The topological polar surface area (TPSA) is 92.9 Å². The van der Waals surface area contributed by atoms with E-state index in [9.17, 15) is 9.59 Å². The fourth-order valence-corrected chi connectivity index (χ4v) is 2.34. The number of nitrogens with two attached hydrogens (primary N) is 1. The van der Waals surface area contributed by atoms with Gasteiger partial charge in [-0.3, -0.25) is 14.5 Å². The van der Waals surface area contributed by atoms with E-state index in [2.05, 4.69) is 6.58 Å². The van der Waals surface area contributed by atoms with Crippen LogP contribution in [0.1, 0.15) is 33.6 Å². The first-order valence-electron chi connectivity index (χ1n) is 6.75. The van der Waals surface area contributed by atoms with Gasteiger partial charge in [-0.25, -0.2) is 0 Å². The number of carbonyl (C=O) groups is 2. The number of hydrogen-bond donors (Lipinski definition) is 2. The van der Waals surface area contributed by atoms with E-state index in [0.717, 1.165) is 0 Å². The number of carboxylic acid groups (broad SMARTS) is 1. The van der Waals surface area contributed by atoms with Crippen molar-refractivity contribution >= 4 is 11.9 Å². The van der Waals surface area contributed by atoms with E-state index >= 15 is 0 Å². The van der Waals surface area contributed by atoms with Crippen molar-refractivity contribution in [1.82, 2.24) is 4.90 Å². The molecule has 0 bridgehead atoms. The number of carbonyl (C=O) groups excluding carboxylic acids is 1. The maximum Gasteiger partial charge on any atom is 0.324 e. The first-order chi connectivity index (χ1) is 9.15. The van der Waals surface area contributed by atoms with Crippen molar-refractivity contribution in [1.29, 1.82) is 0 Å². The molecule has 6 heteroatoms. The zero-order chi connectivity index (χ0) is 15.5. The molecule has 0 aliphatic carbocycles. The fraction of sp³-hybridized carbons (Fsp3) is 0.714. The molecule has 114 valence electrons. The lowest BCUT2D eigenvalue weighted by Crippen LogP contribution is -2.55. The monoisotopic (exact) mass is 284 g/mol. The number of hydrogen-bond acceptors (Lipinski definition) is 5. The van der Waals surface area contributed by atoms with E-state index in [0.29, 0.717) is 19.4 Å². The van der Waals surface area contributed by atoms with Gasteiger partial charge in [0.15, 0.2) is 0 Å². The molecule has 0 amide bonds. The first-order valence-corrected chi connectivity index (χ1v) is 6.75. The summed E-state index contributed by atoms with van der Waals surface area (Å²) in [5.74, 6) is -1.52. The Morgan fingerprint density at radius 1 is 1.50 bits per heavy atom. The van der Waals surface area contributed by atoms with Gasteiger partial charge in [-0.2, -0.15) is 0 Å². The molecular weight excluding hydrogens is 260 g/mol. The molecule has 1 fully saturated rings. The number of carboxylic acids is 1. The lowest BCUT2D eigenvalue weighted by atomic mass is 9.93. The van der Waals surface area contributed by atoms with Crippen LogP contribution in [-0.2, 0) is 14.3 Å². The lowest BCUT2D eigenvalue weighted by Gasteiger charge is -2.39. The second-order valence-corrected chi connectivity index (χ2v) is 6.08. The van der Waals surface area contributed by atoms with E-state index in [1.165, 1.54) is 6.08 Å². The number of ether oxygens (including phenoxy) is 1. The molecule has 0 aromatic heterocycles. The van der Waals surface area contributed by atoms with Gasteiger partial charge in [-0.15, -0.1) is 6.58 Å². The molecule has 1 rings (SSSR count). The van der Waals surface area contributed by atoms with Crippen molar-refractivity contribution in [3.05, 3.63) is 12.7 Å². The maximum atomic E-state index is 12.0. The van der Waals surface area contributed by atoms with Gasteiger partial charge in [0.05, 0.1) is 12.1 Å². The molecule has 3 N–H and O–H groups in total. The maximum absolute atomic E-state index is 12.0. The summed E-state index contributed by atoms with van der Waals surface area (Å²) < 4.78 is 5.35. The predicted molar refractivity (Wildman–Crippen MR) is 74.9 cm³/mol. The smallest absolute Gasteiger partial charge is 0.324 e. The third-order valence-electron chi connectivity index (χ3n) is 3.26. The second-order valence-electron chi connectivity index (χ2n) is 6.08. The molecule has 0 unspecified atom stereocenters. The van der Waals surface area contributed by atoms with Crippen LogP contribution in [0.15, 0.2) is 12.7 Å². The Bertz CT molecular complexity index is 389. The highest BCUT2D eigenvalue weighted by molar-refractivity contribution is 5.76. The summed E-state index contributed by atoms with van der Waals surface area (Å²) >= 11 is 0. The number of rotatable bonds is 4. The van der Waals surface area contributed by atoms with Gasteiger partial charge >= 0.3 is 11.9 Å².